The highest BCUT2D eigenvalue weighted by Gasteiger charge is 2.16. The molecule has 0 bridgehead atoms. The van der Waals surface area contributed by atoms with Crippen molar-refractivity contribution in [3.63, 3.8) is 0 Å². The van der Waals surface area contributed by atoms with Crippen LogP contribution in [0, 0.1) is 0 Å². The molecule has 0 fully saturated rings. The van der Waals surface area contributed by atoms with Gasteiger partial charge in [0.2, 0.25) is 0 Å². The maximum Gasteiger partial charge on any atom is 0.0621 e. The molecule has 1 N–H and O–H groups in total. The van der Waals surface area contributed by atoms with Gasteiger partial charge in [0.15, 0.2) is 0 Å². The van der Waals surface area contributed by atoms with Crippen molar-refractivity contribution in [3.8, 4) is 0 Å². The van der Waals surface area contributed by atoms with E-state index in [0.717, 1.165) is 28.0 Å². The van der Waals surface area contributed by atoms with E-state index in [-0.39, 0.29) is 0 Å². The number of rotatable bonds is 6. The summed E-state index contributed by atoms with van der Waals surface area (Å²) in [4.78, 5) is 4.06. The average Bonchev–Trinajstić information content (AvgIpc) is 2.46. The molecule has 0 aliphatic heterocycles. The van der Waals surface area contributed by atoms with E-state index in [1.165, 1.54) is 5.56 Å². The van der Waals surface area contributed by atoms with E-state index in [0.29, 0.717) is 12.0 Å². The largest absolute Gasteiger partial charge is 0.314 e. The molecular formula is C17H20BrClN2. The molecule has 0 saturated heterocycles. The Hall–Kier alpha value is -0.900. The minimum atomic E-state index is 0.364. The van der Waals surface area contributed by atoms with Crippen LogP contribution in [0.5, 0.6) is 0 Å². The average molecular weight is 368 g/mol. The Morgan fingerprint density at radius 2 is 2.00 bits per heavy atom. The standard InChI is InChI=1S/C17H20BrClN2/c1-12(2)21-10-14(15-5-3-4-6-16(15)18)9-13-7-8-20-11-17(13)19/h3-8,11-12,14,21H,9-10H2,1-2H3. The minimum absolute atomic E-state index is 0.364. The number of hydrogen-bond acceptors (Lipinski definition) is 2. The van der Waals surface area contributed by atoms with Gasteiger partial charge in [0.05, 0.1) is 5.02 Å². The van der Waals surface area contributed by atoms with E-state index < -0.39 is 0 Å². The van der Waals surface area contributed by atoms with Crippen LogP contribution in [0.3, 0.4) is 0 Å². The quantitative estimate of drug-likeness (QED) is 0.791. The van der Waals surface area contributed by atoms with Crippen LogP contribution in [0.2, 0.25) is 5.02 Å². The number of pyridine rings is 1. The monoisotopic (exact) mass is 366 g/mol. The molecule has 4 heteroatoms. The number of benzene rings is 1. The normalized spacial score (nSPS) is 12.6. The lowest BCUT2D eigenvalue weighted by atomic mass is 9.92. The summed E-state index contributed by atoms with van der Waals surface area (Å²) in [7, 11) is 0. The fraction of sp³-hybridized carbons (Fsp3) is 0.353. The summed E-state index contributed by atoms with van der Waals surface area (Å²) in [5.41, 5.74) is 2.44. The highest BCUT2D eigenvalue weighted by molar-refractivity contribution is 9.10. The van der Waals surface area contributed by atoms with Crippen molar-refractivity contribution in [2.45, 2.75) is 32.2 Å². The molecule has 1 aromatic carbocycles. The van der Waals surface area contributed by atoms with Gasteiger partial charge in [0, 0.05) is 35.4 Å². The Labute approximate surface area is 140 Å². The van der Waals surface area contributed by atoms with E-state index in [1.807, 2.05) is 12.1 Å². The van der Waals surface area contributed by atoms with E-state index in [9.17, 15) is 0 Å². The number of aromatic nitrogens is 1. The summed E-state index contributed by atoms with van der Waals surface area (Å²) in [5, 5.41) is 4.27. The highest BCUT2D eigenvalue weighted by atomic mass is 79.9. The minimum Gasteiger partial charge on any atom is -0.314 e. The summed E-state index contributed by atoms with van der Waals surface area (Å²) < 4.78 is 1.14. The van der Waals surface area contributed by atoms with E-state index in [2.05, 4.69) is 58.3 Å². The second-order valence-corrected chi connectivity index (χ2v) is 6.71. The van der Waals surface area contributed by atoms with Crippen LogP contribution < -0.4 is 5.32 Å². The molecule has 2 rings (SSSR count). The van der Waals surface area contributed by atoms with Gasteiger partial charge in [-0.3, -0.25) is 4.98 Å². The van der Waals surface area contributed by atoms with Crippen LogP contribution in [0.4, 0.5) is 0 Å². The third kappa shape index (κ3) is 4.80. The Morgan fingerprint density at radius 3 is 2.67 bits per heavy atom. The summed E-state index contributed by atoms with van der Waals surface area (Å²) in [6.07, 6.45) is 4.40. The molecule has 0 spiro atoms. The molecule has 2 nitrogen and oxygen atoms in total. The molecule has 1 heterocycles. The van der Waals surface area contributed by atoms with Gasteiger partial charge < -0.3 is 5.32 Å². The molecular weight excluding hydrogens is 348 g/mol. The van der Waals surface area contributed by atoms with Crippen LogP contribution in [-0.2, 0) is 6.42 Å². The van der Waals surface area contributed by atoms with Crippen LogP contribution >= 0.6 is 27.5 Å². The first-order valence-corrected chi connectivity index (χ1v) is 8.31. The Kier molecular flexibility index (Phi) is 6.22. The van der Waals surface area contributed by atoms with Crippen molar-refractivity contribution in [1.29, 1.82) is 0 Å². The molecule has 0 aliphatic carbocycles. The number of halogens is 2. The predicted octanol–water partition coefficient (Wildman–Crippen LogP) is 4.82. The predicted molar refractivity (Wildman–Crippen MR) is 93.0 cm³/mol. The smallest absolute Gasteiger partial charge is 0.0621 e. The molecule has 1 unspecified atom stereocenters. The third-order valence-corrected chi connectivity index (χ3v) is 4.50. The second kappa shape index (κ2) is 7.92. The van der Waals surface area contributed by atoms with Gasteiger partial charge in [-0.15, -0.1) is 0 Å². The molecule has 0 radical (unpaired) electrons. The van der Waals surface area contributed by atoms with Gasteiger partial charge in [-0.05, 0) is 29.7 Å². The van der Waals surface area contributed by atoms with E-state index in [1.54, 1.807) is 12.4 Å². The first-order chi connectivity index (χ1) is 10.1. The molecule has 0 saturated carbocycles. The fourth-order valence-electron chi connectivity index (χ4n) is 2.31. The van der Waals surface area contributed by atoms with Gasteiger partial charge in [0.1, 0.15) is 0 Å². The first kappa shape index (κ1) is 16.5. The topological polar surface area (TPSA) is 24.9 Å². The van der Waals surface area contributed by atoms with Crippen molar-refractivity contribution in [1.82, 2.24) is 10.3 Å². The first-order valence-electron chi connectivity index (χ1n) is 7.14. The van der Waals surface area contributed by atoms with Crippen molar-refractivity contribution in [2.24, 2.45) is 0 Å². The van der Waals surface area contributed by atoms with Gasteiger partial charge >= 0.3 is 0 Å². The highest BCUT2D eigenvalue weighted by Crippen LogP contribution is 2.29. The Morgan fingerprint density at radius 1 is 1.24 bits per heavy atom. The van der Waals surface area contributed by atoms with Crippen LogP contribution in [0.1, 0.15) is 30.9 Å². The number of hydrogen-bond donors (Lipinski definition) is 1. The zero-order valence-corrected chi connectivity index (χ0v) is 14.7. The molecule has 112 valence electrons. The molecule has 0 amide bonds. The lowest BCUT2D eigenvalue weighted by molar-refractivity contribution is 0.526. The summed E-state index contributed by atoms with van der Waals surface area (Å²) >= 11 is 9.93. The fourth-order valence-corrected chi connectivity index (χ4v) is 3.12. The molecule has 2 aromatic rings. The SMILES string of the molecule is CC(C)NCC(Cc1ccncc1Cl)c1ccccc1Br. The maximum atomic E-state index is 6.26. The molecule has 1 aromatic heterocycles. The van der Waals surface area contributed by atoms with Crippen LogP contribution in [0.25, 0.3) is 0 Å². The van der Waals surface area contributed by atoms with Crippen molar-refractivity contribution in [2.75, 3.05) is 6.54 Å². The third-order valence-electron chi connectivity index (χ3n) is 3.44. The summed E-state index contributed by atoms with van der Waals surface area (Å²) in [5.74, 6) is 0.364. The van der Waals surface area contributed by atoms with Gasteiger partial charge in [-0.2, -0.15) is 0 Å². The maximum absolute atomic E-state index is 6.26. The number of nitrogens with one attached hydrogen (secondary N) is 1. The zero-order valence-electron chi connectivity index (χ0n) is 12.3. The summed E-state index contributed by atoms with van der Waals surface area (Å²) in [6.45, 7) is 5.24. The van der Waals surface area contributed by atoms with E-state index >= 15 is 0 Å². The molecule has 0 aliphatic rings. The summed E-state index contributed by atoms with van der Waals surface area (Å²) in [6, 6.07) is 10.8. The van der Waals surface area contributed by atoms with E-state index in [4.69, 9.17) is 11.6 Å². The van der Waals surface area contributed by atoms with Crippen molar-refractivity contribution in [3.05, 3.63) is 63.3 Å². The Balaban J connectivity index is 2.24. The second-order valence-electron chi connectivity index (χ2n) is 5.45. The number of nitrogens with zero attached hydrogens (tertiary/aromatic N) is 1. The lowest BCUT2D eigenvalue weighted by Gasteiger charge is -2.21. The van der Waals surface area contributed by atoms with Crippen LogP contribution in [0.15, 0.2) is 47.2 Å². The zero-order chi connectivity index (χ0) is 15.2. The van der Waals surface area contributed by atoms with Crippen molar-refractivity contribution >= 4 is 27.5 Å². The molecule has 1 atom stereocenters. The van der Waals surface area contributed by atoms with Crippen molar-refractivity contribution < 1.29 is 0 Å². The van der Waals surface area contributed by atoms with Gasteiger partial charge in [-0.1, -0.05) is 59.6 Å². The molecule has 21 heavy (non-hydrogen) atoms. The lowest BCUT2D eigenvalue weighted by Crippen LogP contribution is -2.29. The van der Waals surface area contributed by atoms with Gasteiger partial charge in [0.25, 0.3) is 0 Å². The Bertz CT molecular complexity index is 587. The van der Waals surface area contributed by atoms with Gasteiger partial charge in [-0.25, -0.2) is 0 Å². The van der Waals surface area contributed by atoms with Crippen LogP contribution in [-0.4, -0.2) is 17.6 Å².